The summed E-state index contributed by atoms with van der Waals surface area (Å²) in [5.74, 6) is 0. The Bertz CT molecular complexity index is 427. The molecule has 0 aromatic heterocycles. The van der Waals surface area contributed by atoms with Crippen LogP contribution in [-0.4, -0.2) is 12.6 Å². The number of amides is 2. The van der Waals surface area contributed by atoms with Crippen LogP contribution in [0.3, 0.4) is 0 Å². The highest BCUT2D eigenvalue weighted by molar-refractivity contribution is 6.36. The molecule has 1 aromatic carbocycles. The summed E-state index contributed by atoms with van der Waals surface area (Å²) in [4.78, 5) is 11.6. The van der Waals surface area contributed by atoms with Gasteiger partial charge in [0.25, 0.3) is 0 Å². The molecule has 0 aliphatic carbocycles. The molecule has 0 aliphatic rings. The summed E-state index contributed by atoms with van der Waals surface area (Å²) in [6.07, 6.45) is 0.911. The molecule has 0 saturated carbocycles. The topological polar surface area (TPSA) is 41.1 Å². The highest BCUT2D eigenvalue weighted by Gasteiger charge is 2.11. The highest BCUT2D eigenvalue weighted by Crippen LogP contribution is 2.25. The van der Waals surface area contributed by atoms with Crippen molar-refractivity contribution in [3.05, 3.63) is 28.2 Å². The molecule has 0 spiro atoms. The van der Waals surface area contributed by atoms with Crippen molar-refractivity contribution in [3.63, 3.8) is 0 Å². The highest BCUT2D eigenvalue weighted by atomic mass is 35.5. The maximum absolute atomic E-state index is 11.6. The molecular formula is C13H18Cl2N2O. The molecule has 0 atom stereocenters. The normalized spacial score (nSPS) is 11.2. The van der Waals surface area contributed by atoms with Crippen molar-refractivity contribution in [1.82, 2.24) is 5.32 Å². The molecule has 0 radical (unpaired) electrons. The van der Waals surface area contributed by atoms with Gasteiger partial charge in [0.2, 0.25) is 0 Å². The van der Waals surface area contributed by atoms with Crippen LogP contribution < -0.4 is 10.6 Å². The van der Waals surface area contributed by atoms with Crippen LogP contribution in [-0.2, 0) is 0 Å². The van der Waals surface area contributed by atoms with E-state index in [9.17, 15) is 4.79 Å². The second kappa shape index (κ2) is 6.30. The molecular weight excluding hydrogens is 271 g/mol. The lowest BCUT2D eigenvalue weighted by Crippen LogP contribution is -2.31. The summed E-state index contributed by atoms with van der Waals surface area (Å²) in [5, 5.41) is 6.44. The zero-order chi connectivity index (χ0) is 13.8. The molecule has 0 heterocycles. The van der Waals surface area contributed by atoms with E-state index in [1.165, 1.54) is 0 Å². The third-order valence-corrected chi connectivity index (χ3v) is 2.89. The molecule has 3 nitrogen and oxygen atoms in total. The van der Waals surface area contributed by atoms with Gasteiger partial charge in [-0.05, 0) is 30.0 Å². The first kappa shape index (κ1) is 15.1. The SMILES string of the molecule is CC(C)(C)CCNC(=O)Nc1ccc(Cl)cc1Cl. The van der Waals surface area contributed by atoms with Gasteiger partial charge in [-0.2, -0.15) is 0 Å². The molecule has 2 N–H and O–H groups in total. The lowest BCUT2D eigenvalue weighted by molar-refractivity contribution is 0.250. The standard InChI is InChI=1S/C13H18Cl2N2O/c1-13(2,3)6-7-16-12(18)17-11-5-4-9(14)8-10(11)15/h4-5,8H,6-7H2,1-3H3,(H2,16,17,18). The van der Waals surface area contributed by atoms with Gasteiger partial charge in [0, 0.05) is 11.6 Å². The summed E-state index contributed by atoms with van der Waals surface area (Å²) in [6, 6.07) is 4.68. The average molecular weight is 289 g/mol. The summed E-state index contributed by atoms with van der Waals surface area (Å²) in [6.45, 7) is 7.01. The molecule has 2 amide bonds. The van der Waals surface area contributed by atoms with Gasteiger partial charge in [0.1, 0.15) is 0 Å². The number of carbonyl (C=O) groups is 1. The number of halogens is 2. The lowest BCUT2D eigenvalue weighted by Gasteiger charge is -2.18. The Labute approximate surface area is 118 Å². The fourth-order valence-corrected chi connectivity index (χ4v) is 1.76. The van der Waals surface area contributed by atoms with E-state index in [2.05, 4.69) is 31.4 Å². The van der Waals surface area contributed by atoms with Crippen LogP contribution in [0.1, 0.15) is 27.2 Å². The molecule has 1 aromatic rings. The predicted molar refractivity (Wildman–Crippen MR) is 77.6 cm³/mol. The molecule has 0 aliphatic heterocycles. The number of benzene rings is 1. The Morgan fingerprint density at radius 1 is 1.28 bits per heavy atom. The monoisotopic (exact) mass is 288 g/mol. The minimum absolute atomic E-state index is 0.200. The van der Waals surface area contributed by atoms with Gasteiger partial charge in [-0.25, -0.2) is 4.79 Å². The first-order chi connectivity index (χ1) is 8.28. The number of nitrogens with one attached hydrogen (secondary N) is 2. The van der Waals surface area contributed by atoms with Crippen molar-refractivity contribution in [2.24, 2.45) is 5.41 Å². The van der Waals surface area contributed by atoms with Crippen LogP contribution in [0.5, 0.6) is 0 Å². The molecule has 0 unspecified atom stereocenters. The average Bonchev–Trinajstić information content (AvgIpc) is 2.20. The van der Waals surface area contributed by atoms with Crippen molar-refractivity contribution in [1.29, 1.82) is 0 Å². The Morgan fingerprint density at radius 2 is 1.94 bits per heavy atom. The molecule has 0 saturated heterocycles. The molecule has 18 heavy (non-hydrogen) atoms. The van der Waals surface area contributed by atoms with E-state index >= 15 is 0 Å². The third kappa shape index (κ3) is 5.61. The van der Waals surface area contributed by atoms with E-state index in [1.54, 1.807) is 18.2 Å². The van der Waals surface area contributed by atoms with Gasteiger partial charge in [-0.1, -0.05) is 44.0 Å². The zero-order valence-corrected chi connectivity index (χ0v) is 12.3. The van der Waals surface area contributed by atoms with Crippen molar-refractivity contribution in [2.45, 2.75) is 27.2 Å². The van der Waals surface area contributed by atoms with Crippen molar-refractivity contribution in [3.8, 4) is 0 Å². The van der Waals surface area contributed by atoms with Gasteiger partial charge in [0.05, 0.1) is 10.7 Å². The van der Waals surface area contributed by atoms with E-state index in [0.29, 0.717) is 22.3 Å². The Morgan fingerprint density at radius 3 is 2.50 bits per heavy atom. The van der Waals surface area contributed by atoms with E-state index < -0.39 is 0 Å². The van der Waals surface area contributed by atoms with Gasteiger partial charge in [-0.3, -0.25) is 0 Å². The van der Waals surface area contributed by atoms with E-state index in [4.69, 9.17) is 23.2 Å². The largest absolute Gasteiger partial charge is 0.338 e. The summed E-state index contributed by atoms with van der Waals surface area (Å²) in [7, 11) is 0. The number of anilines is 1. The Balaban J connectivity index is 2.45. The first-order valence-corrected chi connectivity index (χ1v) is 6.53. The van der Waals surface area contributed by atoms with Crippen molar-refractivity contribution >= 4 is 34.9 Å². The number of urea groups is 1. The summed E-state index contributed by atoms with van der Waals surface area (Å²) in [5.41, 5.74) is 0.750. The van der Waals surface area contributed by atoms with Crippen molar-refractivity contribution < 1.29 is 4.79 Å². The number of hydrogen-bond acceptors (Lipinski definition) is 1. The number of hydrogen-bond donors (Lipinski definition) is 2. The van der Waals surface area contributed by atoms with Gasteiger partial charge >= 0.3 is 6.03 Å². The van der Waals surface area contributed by atoms with Gasteiger partial charge in [-0.15, -0.1) is 0 Å². The van der Waals surface area contributed by atoms with E-state index in [1.807, 2.05) is 0 Å². The van der Waals surface area contributed by atoms with Crippen molar-refractivity contribution in [2.75, 3.05) is 11.9 Å². The van der Waals surface area contributed by atoms with E-state index in [0.717, 1.165) is 6.42 Å². The van der Waals surface area contributed by atoms with Crippen LogP contribution in [0, 0.1) is 5.41 Å². The quantitative estimate of drug-likeness (QED) is 0.842. The second-order valence-corrected chi connectivity index (χ2v) is 6.16. The molecule has 100 valence electrons. The fraction of sp³-hybridized carbons (Fsp3) is 0.462. The third-order valence-electron chi connectivity index (χ3n) is 2.34. The first-order valence-electron chi connectivity index (χ1n) is 5.78. The lowest BCUT2D eigenvalue weighted by atomic mass is 9.92. The predicted octanol–water partition coefficient (Wildman–Crippen LogP) is 4.55. The van der Waals surface area contributed by atoms with Gasteiger partial charge in [0.15, 0.2) is 0 Å². The summed E-state index contributed by atoms with van der Waals surface area (Å²) >= 11 is 11.7. The Hall–Kier alpha value is -0.930. The number of rotatable bonds is 3. The minimum Gasteiger partial charge on any atom is -0.338 e. The van der Waals surface area contributed by atoms with Crippen LogP contribution in [0.25, 0.3) is 0 Å². The van der Waals surface area contributed by atoms with Crippen LogP contribution in [0.2, 0.25) is 10.0 Å². The molecule has 5 heteroatoms. The molecule has 0 bridgehead atoms. The van der Waals surface area contributed by atoms with Gasteiger partial charge < -0.3 is 10.6 Å². The Kier molecular flexibility index (Phi) is 5.29. The molecule has 1 rings (SSSR count). The maximum Gasteiger partial charge on any atom is 0.319 e. The smallest absolute Gasteiger partial charge is 0.319 e. The van der Waals surface area contributed by atoms with Crippen LogP contribution in [0.4, 0.5) is 10.5 Å². The number of carbonyl (C=O) groups excluding carboxylic acids is 1. The van der Waals surface area contributed by atoms with Crippen LogP contribution >= 0.6 is 23.2 Å². The fourth-order valence-electron chi connectivity index (χ4n) is 1.31. The molecule has 0 fully saturated rings. The van der Waals surface area contributed by atoms with E-state index in [-0.39, 0.29) is 11.4 Å². The minimum atomic E-state index is -0.261. The zero-order valence-electron chi connectivity index (χ0n) is 10.8. The summed E-state index contributed by atoms with van der Waals surface area (Å²) < 4.78 is 0. The maximum atomic E-state index is 11.6. The second-order valence-electron chi connectivity index (χ2n) is 5.32. The van der Waals surface area contributed by atoms with Crippen LogP contribution in [0.15, 0.2) is 18.2 Å².